The molecule has 0 aromatic heterocycles. The Bertz CT molecular complexity index is 472. The maximum absolute atomic E-state index is 12.7. The molecule has 2 fully saturated rings. The zero-order valence-electron chi connectivity index (χ0n) is 14.7. The van der Waals surface area contributed by atoms with Crippen molar-refractivity contribution in [2.45, 2.75) is 52.6 Å². The first-order valence-corrected chi connectivity index (χ1v) is 8.56. The average Bonchev–Trinajstić information content (AvgIpc) is 2.42. The van der Waals surface area contributed by atoms with Gasteiger partial charge in [0.2, 0.25) is 0 Å². The van der Waals surface area contributed by atoms with Gasteiger partial charge in [-0.25, -0.2) is 4.79 Å². The Morgan fingerprint density at radius 1 is 1.26 bits per heavy atom. The van der Waals surface area contributed by atoms with E-state index in [2.05, 4.69) is 5.32 Å². The summed E-state index contributed by atoms with van der Waals surface area (Å²) in [6.45, 7) is 9.69. The number of rotatable bonds is 4. The Morgan fingerprint density at radius 2 is 1.91 bits per heavy atom. The van der Waals surface area contributed by atoms with Crippen molar-refractivity contribution in [3.8, 4) is 0 Å². The first kappa shape index (κ1) is 18.0. The molecule has 1 spiro atoms. The number of allylic oxidation sites excluding steroid dienone is 1. The molecule has 0 amide bonds. The van der Waals surface area contributed by atoms with E-state index in [1.54, 1.807) is 6.92 Å². The molecule has 1 N–H and O–H groups in total. The molecule has 0 aromatic carbocycles. The van der Waals surface area contributed by atoms with Crippen LogP contribution in [0.3, 0.4) is 0 Å². The smallest absolute Gasteiger partial charge is 0.330 e. The topological polar surface area (TPSA) is 64.6 Å². The third-order valence-electron chi connectivity index (χ3n) is 4.76. The number of hydrogen-bond donors (Lipinski definition) is 1. The van der Waals surface area contributed by atoms with Crippen molar-refractivity contribution in [3.63, 3.8) is 0 Å². The average molecular weight is 323 g/mol. The molecule has 2 unspecified atom stereocenters. The fraction of sp³-hybridized carbons (Fsp3) is 0.778. The molecule has 1 saturated heterocycles. The predicted octanol–water partition coefficient (Wildman–Crippen LogP) is 2.45. The van der Waals surface area contributed by atoms with E-state index in [9.17, 15) is 9.59 Å². The summed E-state index contributed by atoms with van der Waals surface area (Å²) in [5.41, 5.74) is -0.465. The summed E-state index contributed by atoms with van der Waals surface area (Å²) < 4.78 is 10.6. The Hall–Kier alpha value is -1.36. The molecule has 5 heteroatoms. The fourth-order valence-electron chi connectivity index (χ4n) is 3.81. The van der Waals surface area contributed by atoms with Gasteiger partial charge in [0.15, 0.2) is 0 Å². The third-order valence-corrected chi connectivity index (χ3v) is 4.76. The van der Waals surface area contributed by atoms with E-state index in [-0.39, 0.29) is 29.2 Å². The molecule has 2 aliphatic rings. The molecule has 130 valence electrons. The van der Waals surface area contributed by atoms with Crippen LogP contribution in [0.25, 0.3) is 0 Å². The van der Waals surface area contributed by atoms with E-state index >= 15 is 0 Å². The number of ether oxygens (including phenoxy) is 2. The minimum atomic E-state index is -0.490. The highest BCUT2D eigenvalue weighted by molar-refractivity contribution is 5.82. The highest BCUT2D eigenvalue weighted by Crippen LogP contribution is 2.57. The second kappa shape index (κ2) is 7.04. The molecule has 2 atom stereocenters. The van der Waals surface area contributed by atoms with Gasteiger partial charge in [-0.2, -0.15) is 0 Å². The number of carbonyl (C=O) groups is 2. The number of hydrogen-bond acceptors (Lipinski definition) is 5. The Balaban J connectivity index is 2.10. The number of nitrogens with one attached hydrogen (secondary N) is 1. The largest absolute Gasteiger partial charge is 0.463 e. The highest BCUT2D eigenvalue weighted by Gasteiger charge is 2.57. The van der Waals surface area contributed by atoms with Gasteiger partial charge in [-0.15, -0.1) is 0 Å². The van der Waals surface area contributed by atoms with E-state index < -0.39 is 5.60 Å². The van der Waals surface area contributed by atoms with Gasteiger partial charge >= 0.3 is 11.9 Å². The van der Waals surface area contributed by atoms with Crippen LogP contribution in [-0.2, 0) is 19.1 Å². The lowest BCUT2D eigenvalue weighted by Gasteiger charge is -2.55. The summed E-state index contributed by atoms with van der Waals surface area (Å²) in [6, 6.07) is 0. The molecule has 1 heterocycles. The molecule has 5 nitrogen and oxygen atoms in total. The van der Waals surface area contributed by atoms with E-state index in [4.69, 9.17) is 9.47 Å². The molecule has 1 saturated carbocycles. The van der Waals surface area contributed by atoms with E-state index in [1.807, 2.05) is 26.8 Å². The van der Waals surface area contributed by atoms with Crippen molar-refractivity contribution < 1.29 is 19.1 Å². The first-order valence-electron chi connectivity index (χ1n) is 8.56. The van der Waals surface area contributed by atoms with E-state index in [0.29, 0.717) is 6.61 Å². The monoisotopic (exact) mass is 323 g/mol. The van der Waals surface area contributed by atoms with Crippen molar-refractivity contribution in [1.29, 1.82) is 0 Å². The SMILES string of the molecule is CCOC(=O)/C=C/C1CC2(CCNCC2)C1C(=O)OC(C)(C)C. The van der Waals surface area contributed by atoms with Crippen LogP contribution in [0.4, 0.5) is 0 Å². The predicted molar refractivity (Wildman–Crippen MR) is 87.8 cm³/mol. The minimum absolute atomic E-state index is 0.0251. The van der Waals surface area contributed by atoms with E-state index in [1.165, 1.54) is 6.08 Å². The summed E-state index contributed by atoms with van der Waals surface area (Å²) >= 11 is 0. The van der Waals surface area contributed by atoms with Gasteiger partial charge in [-0.05, 0) is 71.4 Å². The lowest BCUT2D eigenvalue weighted by atomic mass is 9.50. The minimum Gasteiger partial charge on any atom is -0.463 e. The molecular formula is C18H29NO4. The Labute approximate surface area is 138 Å². The van der Waals surface area contributed by atoms with Gasteiger partial charge in [0.1, 0.15) is 5.60 Å². The molecule has 0 radical (unpaired) electrons. The number of esters is 2. The first-order chi connectivity index (χ1) is 10.8. The van der Waals surface area contributed by atoms with Crippen molar-refractivity contribution in [3.05, 3.63) is 12.2 Å². The van der Waals surface area contributed by atoms with Crippen molar-refractivity contribution in [2.24, 2.45) is 17.3 Å². The number of carbonyl (C=O) groups excluding carboxylic acids is 2. The molecule has 0 bridgehead atoms. The standard InChI is InChI=1S/C18H29NO4/c1-5-22-14(20)7-6-13-12-18(8-10-19-11-9-18)15(13)16(21)23-17(2,3)4/h6-7,13,15,19H,5,8-12H2,1-4H3/b7-6+. The Morgan fingerprint density at radius 3 is 2.48 bits per heavy atom. The van der Waals surface area contributed by atoms with Gasteiger partial charge in [0.25, 0.3) is 0 Å². The van der Waals surface area contributed by atoms with Crippen LogP contribution in [0, 0.1) is 17.3 Å². The van der Waals surface area contributed by atoms with Crippen LogP contribution in [0.1, 0.15) is 47.0 Å². The normalized spacial score (nSPS) is 26.8. The quantitative estimate of drug-likeness (QED) is 0.636. The van der Waals surface area contributed by atoms with Gasteiger partial charge < -0.3 is 14.8 Å². The van der Waals surface area contributed by atoms with Crippen LogP contribution in [-0.4, -0.2) is 37.2 Å². The highest BCUT2D eigenvalue weighted by atomic mass is 16.6. The summed E-state index contributed by atoms with van der Waals surface area (Å²) in [4.78, 5) is 24.2. The van der Waals surface area contributed by atoms with Crippen molar-refractivity contribution in [2.75, 3.05) is 19.7 Å². The molecule has 1 aliphatic heterocycles. The fourth-order valence-corrected chi connectivity index (χ4v) is 3.81. The second-order valence-corrected chi connectivity index (χ2v) is 7.60. The maximum Gasteiger partial charge on any atom is 0.330 e. The molecule has 1 aliphatic carbocycles. The summed E-state index contributed by atoms with van der Waals surface area (Å²) in [5, 5.41) is 3.35. The summed E-state index contributed by atoms with van der Waals surface area (Å²) in [6.07, 6.45) is 6.20. The zero-order valence-corrected chi connectivity index (χ0v) is 14.7. The van der Waals surface area contributed by atoms with Crippen molar-refractivity contribution in [1.82, 2.24) is 5.32 Å². The van der Waals surface area contributed by atoms with Crippen molar-refractivity contribution >= 4 is 11.9 Å². The second-order valence-electron chi connectivity index (χ2n) is 7.60. The maximum atomic E-state index is 12.7. The van der Waals surface area contributed by atoms with Crippen LogP contribution < -0.4 is 5.32 Å². The van der Waals surface area contributed by atoms with Crippen LogP contribution in [0.15, 0.2) is 12.2 Å². The molecule has 2 rings (SSSR count). The van der Waals surface area contributed by atoms with Gasteiger partial charge in [0.05, 0.1) is 12.5 Å². The molecule has 23 heavy (non-hydrogen) atoms. The zero-order chi connectivity index (χ0) is 17.1. The van der Waals surface area contributed by atoms with Crippen LogP contribution in [0.2, 0.25) is 0 Å². The van der Waals surface area contributed by atoms with Crippen LogP contribution >= 0.6 is 0 Å². The van der Waals surface area contributed by atoms with Gasteiger partial charge in [-0.3, -0.25) is 4.79 Å². The molecule has 0 aromatic rings. The lowest BCUT2D eigenvalue weighted by molar-refractivity contribution is -0.180. The van der Waals surface area contributed by atoms with E-state index in [0.717, 1.165) is 32.4 Å². The number of piperidine rings is 1. The Kier molecular flexibility index (Phi) is 5.50. The summed E-state index contributed by atoms with van der Waals surface area (Å²) in [5.74, 6) is -0.576. The molecular weight excluding hydrogens is 294 g/mol. The van der Waals surface area contributed by atoms with Gasteiger partial charge in [0, 0.05) is 6.08 Å². The summed E-state index contributed by atoms with van der Waals surface area (Å²) in [7, 11) is 0. The van der Waals surface area contributed by atoms with Crippen LogP contribution in [0.5, 0.6) is 0 Å². The lowest BCUT2D eigenvalue weighted by Crippen LogP contribution is -2.56. The third kappa shape index (κ3) is 4.34. The van der Waals surface area contributed by atoms with Gasteiger partial charge in [-0.1, -0.05) is 6.08 Å².